The number of hydrogen-bond donors (Lipinski definition) is 1. The number of primary amides is 1. The van der Waals surface area contributed by atoms with E-state index < -0.39 is 0 Å². The predicted molar refractivity (Wildman–Crippen MR) is 94.4 cm³/mol. The lowest BCUT2D eigenvalue weighted by molar-refractivity contribution is -0.135. The summed E-state index contributed by atoms with van der Waals surface area (Å²) in [4.78, 5) is 44.8. The van der Waals surface area contributed by atoms with Crippen molar-refractivity contribution in [3.05, 3.63) is 27.1 Å². The van der Waals surface area contributed by atoms with Crippen LogP contribution in [0.4, 0.5) is 0 Å². The van der Waals surface area contributed by atoms with Crippen LogP contribution in [-0.2, 0) is 29.0 Å². The molecule has 25 heavy (non-hydrogen) atoms. The standard InChI is InChI=1S/C17H20N4O3S/c18-15(23)10-3-2-6-20(7-10)13(22)8-21-9-19-16-14(17(21)24)11-4-1-5-12(11)25-16/h9-10H,1-8H2,(H2,18,23). The van der Waals surface area contributed by atoms with Gasteiger partial charge in [-0.15, -0.1) is 11.3 Å². The average molecular weight is 360 g/mol. The molecular formula is C17H20N4O3S. The topological polar surface area (TPSA) is 98.3 Å². The Morgan fingerprint density at radius 2 is 2.16 bits per heavy atom. The second-order valence-corrected chi connectivity index (χ2v) is 7.88. The number of aromatic nitrogens is 2. The lowest BCUT2D eigenvalue weighted by atomic mass is 9.97. The molecule has 2 aromatic heterocycles. The molecule has 1 saturated heterocycles. The Kier molecular flexibility index (Phi) is 4.07. The molecule has 8 heteroatoms. The van der Waals surface area contributed by atoms with Crippen molar-refractivity contribution < 1.29 is 9.59 Å². The zero-order chi connectivity index (χ0) is 17.6. The summed E-state index contributed by atoms with van der Waals surface area (Å²) in [6.07, 6.45) is 5.93. The van der Waals surface area contributed by atoms with E-state index in [1.165, 1.54) is 15.8 Å². The van der Waals surface area contributed by atoms with Gasteiger partial charge in [0, 0.05) is 18.0 Å². The van der Waals surface area contributed by atoms with Crippen molar-refractivity contribution >= 4 is 33.4 Å². The maximum atomic E-state index is 12.8. The third kappa shape index (κ3) is 2.84. The van der Waals surface area contributed by atoms with Crippen LogP contribution in [0.3, 0.4) is 0 Å². The summed E-state index contributed by atoms with van der Waals surface area (Å²) in [5.41, 5.74) is 6.35. The largest absolute Gasteiger partial charge is 0.369 e. The van der Waals surface area contributed by atoms with Gasteiger partial charge in [0.25, 0.3) is 5.56 Å². The van der Waals surface area contributed by atoms with Crippen molar-refractivity contribution in [2.75, 3.05) is 13.1 Å². The number of piperidine rings is 1. The Balaban J connectivity index is 1.58. The van der Waals surface area contributed by atoms with Crippen molar-refractivity contribution in [3.8, 4) is 0 Å². The molecule has 3 heterocycles. The van der Waals surface area contributed by atoms with Gasteiger partial charge in [-0.1, -0.05) is 0 Å². The summed E-state index contributed by atoms with van der Waals surface area (Å²) >= 11 is 1.59. The molecule has 0 aromatic carbocycles. The van der Waals surface area contributed by atoms with Gasteiger partial charge < -0.3 is 10.6 Å². The zero-order valence-corrected chi connectivity index (χ0v) is 14.7. The highest BCUT2D eigenvalue weighted by Gasteiger charge is 2.27. The fourth-order valence-corrected chi connectivity index (χ4v) is 5.03. The fraction of sp³-hybridized carbons (Fsp3) is 0.529. The quantitative estimate of drug-likeness (QED) is 0.870. The first-order valence-corrected chi connectivity index (χ1v) is 9.43. The number of carbonyl (C=O) groups excluding carboxylic acids is 2. The second-order valence-electron chi connectivity index (χ2n) is 6.80. The lowest BCUT2D eigenvalue weighted by Crippen LogP contribution is -2.45. The van der Waals surface area contributed by atoms with Gasteiger partial charge in [-0.2, -0.15) is 0 Å². The van der Waals surface area contributed by atoms with Crippen LogP contribution in [-0.4, -0.2) is 39.4 Å². The second kappa shape index (κ2) is 6.25. The first-order chi connectivity index (χ1) is 12.0. The highest BCUT2D eigenvalue weighted by atomic mass is 32.1. The number of aryl methyl sites for hydroxylation is 2. The van der Waals surface area contributed by atoms with Gasteiger partial charge in [-0.25, -0.2) is 4.98 Å². The van der Waals surface area contributed by atoms with E-state index in [9.17, 15) is 14.4 Å². The molecule has 0 bridgehead atoms. The lowest BCUT2D eigenvalue weighted by Gasteiger charge is -2.31. The van der Waals surface area contributed by atoms with Crippen molar-refractivity contribution in [2.24, 2.45) is 11.7 Å². The molecule has 4 rings (SSSR count). The minimum absolute atomic E-state index is 0.0438. The Morgan fingerprint density at radius 1 is 1.32 bits per heavy atom. The number of nitrogens with two attached hydrogens (primary N) is 1. The molecule has 1 aliphatic heterocycles. The summed E-state index contributed by atoms with van der Waals surface area (Å²) in [7, 11) is 0. The molecule has 1 atom stereocenters. The van der Waals surface area contributed by atoms with E-state index in [0.29, 0.717) is 24.9 Å². The van der Waals surface area contributed by atoms with Crippen LogP contribution in [0.2, 0.25) is 0 Å². The molecular weight excluding hydrogens is 340 g/mol. The number of carbonyl (C=O) groups is 2. The van der Waals surface area contributed by atoms with Crippen molar-refractivity contribution in [1.82, 2.24) is 14.5 Å². The van der Waals surface area contributed by atoms with E-state index in [-0.39, 0.29) is 29.8 Å². The molecule has 0 spiro atoms. The number of amides is 2. The van der Waals surface area contributed by atoms with E-state index in [1.54, 1.807) is 16.2 Å². The highest BCUT2D eigenvalue weighted by molar-refractivity contribution is 7.18. The third-order valence-electron chi connectivity index (χ3n) is 5.17. The maximum Gasteiger partial charge on any atom is 0.262 e. The van der Waals surface area contributed by atoms with Gasteiger partial charge in [0.15, 0.2) is 0 Å². The zero-order valence-electron chi connectivity index (χ0n) is 13.9. The number of fused-ring (bicyclic) bond motifs is 3. The minimum Gasteiger partial charge on any atom is -0.369 e. The Morgan fingerprint density at radius 3 is 2.96 bits per heavy atom. The van der Waals surface area contributed by atoms with Gasteiger partial charge >= 0.3 is 0 Å². The molecule has 2 amide bonds. The number of nitrogens with zero attached hydrogens (tertiary/aromatic N) is 3. The maximum absolute atomic E-state index is 12.8. The van der Waals surface area contributed by atoms with E-state index >= 15 is 0 Å². The Hall–Kier alpha value is -2.22. The van der Waals surface area contributed by atoms with Gasteiger partial charge in [0.05, 0.1) is 17.6 Å². The van der Waals surface area contributed by atoms with E-state index in [0.717, 1.165) is 36.1 Å². The fourth-order valence-electron chi connectivity index (χ4n) is 3.81. The monoisotopic (exact) mass is 360 g/mol. The van der Waals surface area contributed by atoms with Crippen molar-refractivity contribution in [3.63, 3.8) is 0 Å². The molecule has 7 nitrogen and oxygen atoms in total. The first-order valence-electron chi connectivity index (χ1n) is 8.61. The number of hydrogen-bond acceptors (Lipinski definition) is 5. The molecule has 1 aliphatic carbocycles. The molecule has 2 aromatic rings. The minimum atomic E-state index is -0.369. The molecule has 2 N–H and O–H groups in total. The summed E-state index contributed by atoms with van der Waals surface area (Å²) in [5.74, 6) is -0.831. The van der Waals surface area contributed by atoms with Crippen molar-refractivity contribution in [2.45, 2.75) is 38.6 Å². The summed E-state index contributed by atoms with van der Waals surface area (Å²) in [6.45, 7) is 0.894. The average Bonchev–Trinajstić information content (AvgIpc) is 3.18. The van der Waals surface area contributed by atoms with Crippen LogP contribution in [0.1, 0.15) is 29.7 Å². The molecule has 2 aliphatic rings. The van der Waals surface area contributed by atoms with Gasteiger partial charge in [-0.3, -0.25) is 19.0 Å². The number of thiophene rings is 1. The van der Waals surface area contributed by atoms with Crippen LogP contribution in [0.5, 0.6) is 0 Å². The Bertz CT molecular complexity index is 916. The third-order valence-corrected chi connectivity index (χ3v) is 6.37. The number of likely N-dealkylation sites (tertiary alicyclic amines) is 1. The van der Waals surface area contributed by atoms with Crippen LogP contribution in [0, 0.1) is 5.92 Å². The van der Waals surface area contributed by atoms with E-state index in [4.69, 9.17) is 5.73 Å². The molecule has 1 unspecified atom stereocenters. The SMILES string of the molecule is NC(=O)C1CCCN(C(=O)Cn2cnc3sc4c(c3c2=O)CCC4)C1. The summed E-state index contributed by atoms with van der Waals surface area (Å²) < 4.78 is 1.39. The van der Waals surface area contributed by atoms with Crippen LogP contribution in [0.15, 0.2) is 11.1 Å². The molecule has 1 fully saturated rings. The smallest absolute Gasteiger partial charge is 0.262 e. The first kappa shape index (κ1) is 16.3. The predicted octanol–water partition coefficient (Wildman–Crippen LogP) is 0.671. The van der Waals surface area contributed by atoms with Gasteiger partial charge in [0.2, 0.25) is 11.8 Å². The highest BCUT2D eigenvalue weighted by Crippen LogP contribution is 2.34. The molecule has 132 valence electrons. The van der Waals surface area contributed by atoms with E-state index in [2.05, 4.69) is 4.98 Å². The van der Waals surface area contributed by atoms with Crippen molar-refractivity contribution in [1.29, 1.82) is 0 Å². The normalized spacial score (nSPS) is 20.0. The van der Waals surface area contributed by atoms with Crippen LogP contribution in [0.25, 0.3) is 10.2 Å². The summed E-state index contributed by atoms with van der Waals surface area (Å²) in [5, 5.41) is 0.682. The molecule has 0 radical (unpaired) electrons. The molecule has 0 saturated carbocycles. The Labute approximate surface area is 148 Å². The van der Waals surface area contributed by atoms with Crippen LogP contribution < -0.4 is 11.3 Å². The van der Waals surface area contributed by atoms with Crippen LogP contribution >= 0.6 is 11.3 Å². The van der Waals surface area contributed by atoms with Gasteiger partial charge in [0.1, 0.15) is 11.4 Å². The summed E-state index contributed by atoms with van der Waals surface area (Å²) in [6, 6.07) is 0. The number of rotatable bonds is 3. The van der Waals surface area contributed by atoms with E-state index in [1.807, 2.05) is 0 Å². The van der Waals surface area contributed by atoms with Gasteiger partial charge in [-0.05, 0) is 37.7 Å².